The van der Waals surface area contributed by atoms with Crippen LogP contribution < -0.4 is 16.4 Å². The Hall–Kier alpha value is -1.69. The fourth-order valence-electron chi connectivity index (χ4n) is 2.18. The van der Waals surface area contributed by atoms with Crippen LogP contribution in [0.2, 0.25) is 0 Å². The van der Waals surface area contributed by atoms with Crippen molar-refractivity contribution in [2.75, 3.05) is 17.2 Å². The molecular weight excluding hydrogens is 274 g/mol. The van der Waals surface area contributed by atoms with Gasteiger partial charge >= 0.3 is 0 Å². The number of carbonyl (C=O) groups excluding carboxylic acids is 2. The minimum atomic E-state index is -0.529. The summed E-state index contributed by atoms with van der Waals surface area (Å²) in [5.41, 5.74) is 12.5. The number of nitrogen functional groups attached to an aromatic ring is 1. The summed E-state index contributed by atoms with van der Waals surface area (Å²) in [6.07, 6.45) is 0.859. The van der Waals surface area contributed by atoms with E-state index in [2.05, 4.69) is 0 Å². The van der Waals surface area contributed by atoms with Crippen molar-refractivity contribution in [3.8, 4) is 0 Å². The molecule has 5 nitrogen and oxygen atoms in total. The molecule has 1 aromatic carbocycles. The second-order valence-electron chi connectivity index (χ2n) is 5.09. The lowest BCUT2D eigenvalue weighted by Crippen LogP contribution is -2.48. The second kappa shape index (κ2) is 5.36. The molecule has 1 unspecified atom stereocenters. The third kappa shape index (κ3) is 2.60. The highest BCUT2D eigenvalue weighted by Crippen LogP contribution is 2.47. The Morgan fingerprint density at radius 2 is 2.15 bits per heavy atom. The number of primary amides is 1. The van der Waals surface area contributed by atoms with Gasteiger partial charge in [0, 0.05) is 23.5 Å². The van der Waals surface area contributed by atoms with Crippen molar-refractivity contribution in [1.29, 1.82) is 0 Å². The molecule has 0 aromatic heterocycles. The molecule has 0 bridgehead atoms. The molecular formula is C14H19N3O2S. The van der Waals surface area contributed by atoms with Gasteiger partial charge in [0.05, 0.1) is 10.4 Å². The molecule has 0 saturated carbocycles. The number of anilines is 2. The summed E-state index contributed by atoms with van der Waals surface area (Å²) in [5, 5.41) is 0. The third-order valence-corrected chi connectivity index (χ3v) is 5.02. The van der Waals surface area contributed by atoms with Gasteiger partial charge in [0.1, 0.15) is 0 Å². The molecule has 0 aliphatic carbocycles. The van der Waals surface area contributed by atoms with Crippen LogP contribution in [0.4, 0.5) is 11.4 Å². The minimum Gasteiger partial charge on any atom is -0.399 e. The molecule has 1 heterocycles. The van der Waals surface area contributed by atoms with Crippen molar-refractivity contribution >= 4 is 35.0 Å². The van der Waals surface area contributed by atoms with Crippen LogP contribution in [-0.2, 0) is 9.59 Å². The van der Waals surface area contributed by atoms with Crippen LogP contribution >= 0.6 is 11.8 Å². The molecule has 6 heteroatoms. The van der Waals surface area contributed by atoms with Crippen LogP contribution in [0.25, 0.3) is 0 Å². The lowest BCUT2D eigenvalue weighted by atomic mass is 10.0. The van der Waals surface area contributed by atoms with E-state index < -0.39 is 10.7 Å². The van der Waals surface area contributed by atoms with Crippen LogP contribution in [0.3, 0.4) is 0 Å². The molecule has 4 N–H and O–H groups in total. The SMILES string of the molecule is CCC1(C)Sc2cc(N)ccc2N(CCC(N)=O)C1=O. The molecule has 20 heavy (non-hydrogen) atoms. The van der Waals surface area contributed by atoms with Gasteiger partial charge in [-0.25, -0.2) is 0 Å². The van der Waals surface area contributed by atoms with E-state index in [0.717, 1.165) is 10.6 Å². The van der Waals surface area contributed by atoms with E-state index in [4.69, 9.17) is 11.5 Å². The summed E-state index contributed by atoms with van der Waals surface area (Å²) in [4.78, 5) is 26.3. The van der Waals surface area contributed by atoms with Crippen LogP contribution in [0.15, 0.2) is 23.1 Å². The fourth-order valence-corrected chi connectivity index (χ4v) is 3.49. The maximum Gasteiger partial charge on any atom is 0.243 e. The molecule has 1 aliphatic heterocycles. The van der Waals surface area contributed by atoms with Gasteiger partial charge in [0.25, 0.3) is 0 Å². The highest BCUT2D eigenvalue weighted by atomic mass is 32.2. The maximum atomic E-state index is 12.7. The molecule has 0 spiro atoms. The van der Waals surface area contributed by atoms with Crippen molar-refractivity contribution in [2.45, 2.75) is 36.3 Å². The maximum absolute atomic E-state index is 12.7. The van der Waals surface area contributed by atoms with Gasteiger partial charge in [-0.2, -0.15) is 0 Å². The van der Waals surface area contributed by atoms with Crippen molar-refractivity contribution in [1.82, 2.24) is 0 Å². The number of hydrogen-bond acceptors (Lipinski definition) is 4. The number of nitrogens with two attached hydrogens (primary N) is 2. The molecule has 0 fully saturated rings. The van der Waals surface area contributed by atoms with Crippen molar-refractivity contribution < 1.29 is 9.59 Å². The largest absolute Gasteiger partial charge is 0.399 e. The number of nitrogens with zero attached hydrogens (tertiary/aromatic N) is 1. The minimum absolute atomic E-state index is 0.0171. The first-order valence-electron chi connectivity index (χ1n) is 6.56. The van der Waals surface area contributed by atoms with Crippen molar-refractivity contribution in [3.05, 3.63) is 18.2 Å². The zero-order chi connectivity index (χ0) is 14.9. The summed E-state index contributed by atoms with van der Waals surface area (Å²) >= 11 is 1.53. The van der Waals surface area contributed by atoms with E-state index in [1.165, 1.54) is 11.8 Å². The van der Waals surface area contributed by atoms with Crippen molar-refractivity contribution in [2.24, 2.45) is 5.73 Å². The smallest absolute Gasteiger partial charge is 0.243 e. The Labute approximate surface area is 122 Å². The Bertz CT molecular complexity index is 561. The zero-order valence-electron chi connectivity index (χ0n) is 11.7. The topological polar surface area (TPSA) is 89.4 Å². The van der Waals surface area contributed by atoms with Gasteiger partial charge in [-0.1, -0.05) is 6.92 Å². The van der Waals surface area contributed by atoms with Crippen LogP contribution in [0, 0.1) is 0 Å². The highest BCUT2D eigenvalue weighted by molar-refractivity contribution is 8.01. The van der Waals surface area contributed by atoms with Crippen LogP contribution in [0.1, 0.15) is 26.7 Å². The normalized spacial score (nSPS) is 21.7. The standard InChI is InChI=1S/C14H19N3O2S/c1-3-14(2)13(19)17(7-6-12(16)18)10-5-4-9(15)8-11(10)20-14/h4-5,8H,3,6-7,15H2,1-2H3,(H2,16,18). The molecule has 1 aromatic rings. The van der Waals surface area contributed by atoms with Gasteiger partial charge in [0.15, 0.2) is 0 Å². The highest BCUT2D eigenvalue weighted by Gasteiger charge is 2.42. The molecule has 2 rings (SSSR count). The lowest BCUT2D eigenvalue weighted by Gasteiger charge is -2.39. The van der Waals surface area contributed by atoms with Gasteiger partial charge in [-0.15, -0.1) is 11.8 Å². The van der Waals surface area contributed by atoms with Crippen LogP contribution in [0.5, 0.6) is 0 Å². The van der Waals surface area contributed by atoms with E-state index in [1.54, 1.807) is 11.0 Å². The molecule has 0 saturated heterocycles. The number of carbonyl (C=O) groups is 2. The van der Waals surface area contributed by atoms with E-state index in [1.807, 2.05) is 26.0 Å². The third-order valence-electron chi connectivity index (χ3n) is 3.56. The van der Waals surface area contributed by atoms with Gasteiger partial charge in [-0.3, -0.25) is 9.59 Å². The van der Waals surface area contributed by atoms with Crippen LogP contribution in [-0.4, -0.2) is 23.1 Å². The van der Waals surface area contributed by atoms with Gasteiger partial charge in [0.2, 0.25) is 11.8 Å². The zero-order valence-corrected chi connectivity index (χ0v) is 12.5. The van der Waals surface area contributed by atoms with E-state index in [-0.39, 0.29) is 12.3 Å². The van der Waals surface area contributed by atoms with Crippen molar-refractivity contribution in [3.63, 3.8) is 0 Å². The monoisotopic (exact) mass is 293 g/mol. The predicted octanol–water partition coefficient (Wildman–Crippen LogP) is 1.75. The van der Waals surface area contributed by atoms with E-state index in [0.29, 0.717) is 18.7 Å². The Morgan fingerprint density at radius 1 is 1.45 bits per heavy atom. The summed E-state index contributed by atoms with van der Waals surface area (Å²) in [7, 11) is 0. The number of thioether (sulfide) groups is 1. The molecule has 2 amide bonds. The number of fused-ring (bicyclic) bond motifs is 1. The Balaban J connectivity index is 2.43. The first-order valence-corrected chi connectivity index (χ1v) is 7.38. The van der Waals surface area contributed by atoms with Gasteiger partial charge in [-0.05, 0) is 31.5 Å². The summed E-state index contributed by atoms with van der Waals surface area (Å²) < 4.78 is -0.529. The Morgan fingerprint density at radius 3 is 2.75 bits per heavy atom. The summed E-state index contributed by atoms with van der Waals surface area (Å²) in [6.45, 7) is 4.21. The summed E-state index contributed by atoms with van der Waals surface area (Å²) in [5.74, 6) is -0.394. The second-order valence-corrected chi connectivity index (χ2v) is 6.63. The number of rotatable bonds is 4. The number of amides is 2. The fraction of sp³-hybridized carbons (Fsp3) is 0.429. The number of benzene rings is 1. The van der Waals surface area contributed by atoms with E-state index in [9.17, 15) is 9.59 Å². The Kier molecular flexibility index (Phi) is 3.94. The van der Waals surface area contributed by atoms with E-state index >= 15 is 0 Å². The predicted molar refractivity (Wildman–Crippen MR) is 81.6 cm³/mol. The average Bonchev–Trinajstić information content (AvgIpc) is 2.39. The average molecular weight is 293 g/mol. The van der Waals surface area contributed by atoms with Gasteiger partial charge < -0.3 is 16.4 Å². The quantitative estimate of drug-likeness (QED) is 0.828. The number of hydrogen-bond donors (Lipinski definition) is 2. The molecule has 0 radical (unpaired) electrons. The first-order chi connectivity index (χ1) is 9.37. The summed E-state index contributed by atoms with van der Waals surface area (Å²) in [6, 6.07) is 5.46. The first kappa shape index (κ1) is 14.7. The molecule has 1 aliphatic rings. The molecule has 1 atom stereocenters. The lowest BCUT2D eigenvalue weighted by molar-refractivity contribution is -0.121. The molecule has 108 valence electrons.